The molecule has 0 saturated carbocycles. The molecule has 2 amide bonds. The third kappa shape index (κ3) is 4.06. The number of hydrogen-bond donors (Lipinski definition) is 2. The summed E-state index contributed by atoms with van der Waals surface area (Å²) in [6.45, 7) is 3.81. The van der Waals surface area contributed by atoms with E-state index in [1.54, 1.807) is 18.2 Å². The number of nitrogens with one attached hydrogen (secondary N) is 2. The monoisotopic (exact) mass is 385 g/mol. The fraction of sp³-hybridized carbons (Fsp3) is 0.200. The van der Waals surface area contributed by atoms with Crippen LogP contribution in [-0.4, -0.2) is 18.9 Å². The van der Waals surface area contributed by atoms with Gasteiger partial charge in [-0.15, -0.1) is 0 Å². The number of carbonyl (C=O) groups is 2. The minimum atomic E-state index is -0.375. The van der Waals surface area contributed by atoms with E-state index in [4.69, 9.17) is 16.3 Å². The molecule has 0 fully saturated rings. The van der Waals surface area contributed by atoms with Crippen LogP contribution in [0.25, 0.3) is 0 Å². The molecule has 2 N–H and O–H groups in total. The second kappa shape index (κ2) is 7.72. The minimum absolute atomic E-state index is 0.125. The average Bonchev–Trinajstić information content (AvgIpc) is 2.65. The summed E-state index contributed by atoms with van der Waals surface area (Å²) in [5, 5.41) is 4.73. The van der Waals surface area contributed by atoms with E-state index in [1.807, 2.05) is 38.1 Å². The van der Waals surface area contributed by atoms with E-state index in [2.05, 4.69) is 10.7 Å². The molecule has 0 spiro atoms. The van der Waals surface area contributed by atoms with Crippen molar-refractivity contribution in [3.8, 4) is 5.75 Å². The van der Waals surface area contributed by atoms with Gasteiger partial charge in [0.25, 0.3) is 5.91 Å². The predicted molar refractivity (Wildman–Crippen MR) is 106 cm³/mol. The van der Waals surface area contributed by atoms with E-state index >= 15 is 0 Å². The lowest BCUT2D eigenvalue weighted by molar-refractivity contribution is -0.119. The molecule has 0 bridgehead atoms. The molecule has 1 aliphatic heterocycles. The topological polar surface area (TPSA) is 70.7 Å². The molecule has 0 radical (unpaired) electrons. The number of rotatable bonds is 4. The van der Waals surface area contributed by atoms with Crippen molar-refractivity contribution in [2.24, 2.45) is 0 Å². The molecular weight excluding hydrogens is 366 g/mol. The number of ether oxygens (including phenoxy) is 1. The van der Waals surface area contributed by atoms with Crippen LogP contribution in [0.3, 0.4) is 0 Å². The molecule has 0 aromatic heterocycles. The molecule has 2 aromatic carbocycles. The number of anilines is 2. The maximum Gasteiger partial charge on any atom is 0.273 e. The van der Waals surface area contributed by atoms with Gasteiger partial charge in [-0.2, -0.15) is 0 Å². The summed E-state index contributed by atoms with van der Waals surface area (Å²) in [6, 6.07) is 10.9. The van der Waals surface area contributed by atoms with Gasteiger partial charge < -0.3 is 10.1 Å². The summed E-state index contributed by atoms with van der Waals surface area (Å²) in [6.07, 6.45) is 1.69. The van der Waals surface area contributed by atoms with Gasteiger partial charge in [-0.25, -0.2) is 5.01 Å². The second-order valence-corrected chi connectivity index (χ2v) is 6.66. The summed E-state index contributed by atoms with van der Waals surface area (Å²) in [5.41, 5.74) is 6.25. The highest BCUT2D eigenvalue weighted by Gasteiger charge is 2.24. The van der Waals surface area contributed by atoms with Crippen molar-refractivity contribution in [1.82, 2.24) is 5.43 Å². The van der Waals surface area contributed by atoms with E-state index < -0.39 is 0 Å². The highest BCUT2D eigenvalue weighted by atomic mass is 35.5. The van der Waals surface area contributed by atoms with Gasteiger partial charge in [-0.1, -0.05) is 29.3 Å². The Morgan fingerprint density at radius 2 is 1.93 bits per heavy atom. The van der Waals surface area contributed by atoms with Crippen molar-refractivity contribution < 1.29 is 14.3 Å². The number of aryl methyl sites for hydroxylation is 2. The Hall–Kier alpha value is -2.99. The number of amides is 2. The zero-order valence-corrected chi connectivity index (χ0v) is 16.1. The Kier molecular flexibility index (Phi) is 5.37. The number of methoxy groups -OCH3 is 1. The highest BCUT2D eigenvalue weighted by molar-refractivity contribution is 6.31. The fourth-order valence-electron chi connectivity index (χ4n) is 2.67. The average molecular weight is 386 g/mol. The zero-order valence-electron chi connectivity index (χ0n) is 15.3. The molecule has 140 valence electrons. The Morgan fingerprint density at radius 1 is 1.22 bits per heavy atom. The Balaban J connectivity index is 1.80. The first kappa shape index (κ1) is 18.8. The van der Waals surface area contributed by atoms with Crippen molar-refractivity contribution in [2.45, 2.75) is 20.3 Å². The normalized spacial score (nSPS) is 13.7. The van der Waals surface area contributed by atoms with Gasteiger partial charge in [0.05, 0.1) is 18.5 Å². The molecule has 0 atom stereocenters. The maximum atomic E-state index is 12.7. The smallest absolute Gasteiger partial charge is 0.273 e. The zero-order chi connectivity index (χ0) is 19.6. The Bertz CT molecular complexity index is 923. The molecule has 27 heavy (non-hydrogen) atoms. The lowest BCUT2D eigenvalue weighted by atomic mass is 10.2. The van der Waals surface area contributed by atoms with Gasteiger partial charge in [0, 0.05) is 17.5 Å². The molecule has 3 rings (SSSR count). The molecule has 0 saturated heterocycles. The third-order valence-electron chi connectivity index (χ3n) is 4.23. The standard InChI is InChI=1S/C20H20ClN3O3/c1-12-4-6-14(7-5-12)24-19(25)9-8-16(23-24)20(26)22-17-10-13(2)15(21)11-18(17)27-3/h4-8,10-11,23H,9H2,1-3H3,(H,22,26). The summed E-state index contributed by atoms with van der Waals surface area (Å²) in [4.78, 5) is 24.9. The number of halogens is 1. The fourth-order valence-corrected chi connectivity index (χ4v) is 2.83. The lowest BCUT2D eigenvalue weighted by Crippen LogP contribution is -2.47. The number of benzene rings is 2. The molecule has 0 aliphatic carbocycles. The lowest BCUT2D eigenvalue weighted by Gasteiger charge is -2.28. The molecule has 6 nitrogen and oxygen atoms in total. The summed E-state index contributed by atoms with van der Waals surface area (Å²) in [5.74, 6) is -0.0585. The van der Waals surface area contributed by atoms with Crippen LogP contribution < -0.4 is 20.5 Å². The predicted octanol–water partition coefficient (Wildman–Crippen LogP) is 3.73. The van der Waals surface area contributed by atoms with Gasteiger partial charge in [0.15, 0.2) is 0 Å². The summed E-state index contributed by atoms with van der Waals surface area (Å²) in [7, 11) is 1.51. The SMILES string of the molecule is COc1cc(Cl)c(C)cc1NC(=O)C1=CCC(=O)N(c2ccc(C)cc2)N1. The summed E-state index contributed by atoms with van der Waals surface area (Å²) < 4.78 is 5.28. The van der Waals surface area contributed by atoms with Gasteiger partial charge in [0.2, 0.25) is 5.91 Å². The Labute approximate surface area is 162 Å². The van der Waals surface area contributed by atoms with Crippen LogP contribution in [0.5, 0.6) is 5.75 Å². The number of nitrogens with zero attached hydrogens (tertiary/aromatic N) is 1. The number of carbonyl (C=O) groups excluding carboxylic acids is 2. The first-order valence-electron chi connectivity index (χ1n) is 8.41. The van der Waals surface area contributed by atoms with Crippen LogP contribution in [0.1, 0.15) is 17.5 Å². The summed E-state index contributed by atoms with van der Waals surface area (Å²) >= 11 is 6.10. The van der Waals surface area contributed by atoms with E-state index in [-0.39, 0.29) is 23.9 Å². The first-order valence-corrected chi connectivity index (χ1v) is 8.78. The minimum Gasteiger partial charge on any atom is -0.495 e. The Morgan fingerprint density at radius 3 is 2.59 bits per heavy atom. The van der Waals surface area contributed by atoms with Crippen molar-refractivity contribution in [2.75, 3.05) is 17.4 Å². The first-order chi connectivity index (χ1) is 12.9. The quantitative estimate of drug-likeness (QED) is 0.841. The second-order valence-electron chi connectivity index (χ2n) is 6.25. The van der Waals surface area contributed by atoms with E-state index in [0.29, 0.717) is 22.1 Å². The van der Waals surface area contributed by atoms with Crippen LogP contribution >= 0.6 is 11.6 Å². The van der Waals surface area contributed by atoms with Gasteiger partial charge in [-0.05, 0) is 43.7 Å². The van der Waals surface area contributed by atoms with Gasteiger partial charge in [0.1, 0.15) is 11.4 Å². The van der Waals surface area contributed by atoms with E-state index in [1.165, 1.54) is 12.1 Å². The highest BCUT2D eigenvalue weighted by Crippen LogP contribution is 2.31. The molecule has 0 unspecified atom stereocenters. The molecule has 7 heteroatoms. The largest absolute Gasteiger partial charge is 0.495 e. The van der Waals surface area contributed by atoms with Crippen molar-refractivity contribution >= 4 is 34.8 Å². The van der Waals surface area contributed by atoms with E-state index in [9.17, 15) is 9.59 Å². The van der Waals surface area contributed by atoms with Crippen molar-refractivity contribution in [1.29, 1.82) is 0 Å². The number of hydrazine groups is 1. The molecule has 2 aromatic rings. The van der Waals surface area contributed by atoms with E-state index in [0.717, 1.165) is 11.1 Å². The number of hydrogen-bond acceptors (Lipinski definition) is 4. The van der Waals surface area contributed by atoms with Crippen LogP contribution in [0.2, 0.25) is 5.02 Å². The van der Waals surface area contributed by atoms with Gasteiger partial charge in [-0.3, -0.25) is 15.0 Å². The van der Waals surface area contributed by atoms with Gasteiger partial charge >= 0.3 is 0 Å². The van der Waals surface area contributed by atoms with Crippen molar-refractivity contribution in [3.05, 3.63) is 64.3 Å². The van der Waals surface area contributed by atoms with Crippen LogP contribution in [0.4, 0.5) is 11.4 Å². The maximum absolute atomic E-state index is 12.7. The third-order valence-corrected chi connectivity index (χ3v) is 4.64. The van der Waals surface area contributed by atoms with Crippen molar-refractivity contribution in [3.63, 3.8) is 0 Å². The van der Waals surface area contributed by atoms with Crippen LogP contribution in [-0.2, 0) is 9.59 Å². The molecular formula is C20H20ClN3O3. The molecule has 1 aliphatic rings. The molecule has 1 heterocycles. The van der Waals surface area contributed by atoms with Crippen LogP contribution in [0.15, 0.2) is 48.2 Å². The van der Waals surface area contributed by atoms with Crippen LogP contribution in [0, 0.1) is 13.8 Å².